The van der Waals surface area contributed by atoms with Gasteiger partial charge in [-0.3, -0.25) is 9.69 Å². The Morgan fingerprint density at radius 3 is 2.70 bits per heavy atom. The maximum Gasteiger partial charge on any atom is 0.169 e. The molecular weight excluding hydrogens is 358 g/mol. The Hall–Kier alpha value is -1.91. The normalized spacial score (nSPS) is 22.9. The van der Waals surface area contributed by atoms with E-state index in [9.17, 15) is 4.79 Å². The largest absolute Gasteiger partial charge is 0.354 e. The number of piperazine rings is 1. The number of pyridine rings is 1. The van der Waals surface area contributed by atoms with Gasteiger partial charge in [-0.05, 0) is 55.6 Å². The van der Waals surface area contributed by atoms with Crippen LogP contribution in [-0.4, -0.2) is 48.4 Å². The molecule has 142 valence electrons. The molecule has 0 radical (unpaired) electrons. The van der Waals surface area contributed by atoms with E-state index in [1.54, 1.807) is 0 Å². The highest BCUT2D eigenvalue weighted by atomic mass is 35.5. The van der Waals surface area contributed by atoms with Gasteiger partial charge >= 0.3 is 0 Å². The number of benzene rings is 1. The minimum atomic E-state index is -0.275. The van der Waals surface area contributed by atoms with Gasteiger partial charge in [-0.15, -0.1) is 0 Å². The van der Waals surface area contributed by atoms with Crippen molar-refractivity contribution in [3.05, 3.63) is 58.7 Å². The highest BCUT2D eigenvalue weighted by molar-refractivity contribution is 6.31. The highest BCUT2D eigenvalue weighted by Crippen LogP contribution is 2.41. The van der Waals surface area contributed by atoms with Crippen molar-refractivity contribution in [2.24, 2.45) is 5.41 Å². The molecule has 0 spiro atoms. The number of aromatic nitrogens is 1. The Morgan fingerprint density at radius 1 is 1.15 bits per heavy atom. The van der Waals surface area contributed by atoms with E-state index in [4.69, 9.17) is 11.6 Å². The highest BCUT2D eigenvalue weighted by Gasteiger charge is 2.41. The summed E-state index contributed by atoms with van der Waals surface area (Å²) in [5.41, 5.74) is 1.70. The van der Waals surface area contributed by atoms with Crippen molar-refractivity contribution in [2.45, 2.75) is 26.2 Å². The summed E-state index contributed by atoms with van der Waals surface area (Å²) >= 11 is 6.08. The fourth-order valence-electron chi connectivity index (χ4n) is 4.38. The lowest BCUT2D eigenvalue weighted by Crippen LogP contribution is -2.47. The predicted molar refractivity (Wildman–Crippen MR) is 110 cm³/mol. The first-order chi connectivity index (χ1) is 13.0. The van der Waals surface area contributed by atoms with Crippen LogP contribution in [0.1, 0.15) is 35.7 Å². The number of carbonyl (C=O) groups excluding carboxylic acids is 1. The molecule has 2 aromatic rings. The zero-order valence-corrected chi connectivity index (χ0v) is 16.6. The van der Waals surface area contributed by atoms with E-state index in [2.05, 4.69) is 27.8 Å². The molecule has 1 atom stereocenters. The molecule has 4 nitrogen and oxygen atoms in total. The third-order valence-corrected chi connectivity index (χ3v) is 6.23. The molecule has 1 fully saturated rings. The molecule has 4 rings (SSSR count). The first-order valence-electron chi connectivity index (χ1n) is 9.77. The maximum atomic E-state index is 12.9. The lowest BCUT2D eigenvalue weighted by molar-refractivity contribution is 0.0821. The van der Waals surface area contributed by atoms with Crippen LogP contribution >= 0.6 is 11.6 Å². The summed E-state index contributed by atoms with van der Waals surface area (Å²) in [6, 6.07) is 11.8. The van der Waals surface area contributed by atoms with E-state index in [1.165, 1.54) is 0 Å². The van der Waals surface area contributed by atoms with Gasteiger partial charge in [-0.25, -0.2) is 4.98 Å². The van der Waals surface area contributed by atoms with Crippen molar-refractivity contribution >= 4 is 23.2 Å². The topological polar surface area (TPSA) is 36.4 Å². The summed E-state index contributed by atoms with van der Waals surface area (Å²) in [5.74, 6) is 1.33. The number of ketones is 1. The lowest BCUT2D eigenvalue weighted by atomic mass is 9.81. The summed E-state index contributed by atoms with van der Waals surface area (Å²) in [6.07, 6.45) is 4.67. The number of fused-ring (bicyclic) bond motifs is 1. The number of Topliss-reactive ketones (excluding diaryl/α,β-unsaturated/α-hetero) is 1. The summed E-state index contributed by atoms with van der Waals surface area (Å²) in [5, 5.41) is 0.650. The number of hydrogen-bond donors (Lipinski definition) is 0. The lowest BCUT2D eigenvalue weighted by Gasteiger charge is -2.35. The van der Waals surface area contributed by atoms with Gasteiger partial charge in [0.05, 0.1) is 0 Å². The van der Waals surface area contributed by atoms with E-state index in [0.717, 1.165) is 68.9 Å². The van der Waals surface area contributed by atoms with Crippen molar-refractivity contribution in [3.8, 4) is 0 Å². The molecule has 1 unspecified atom stereocenters. The fourth-order valence-corrected chi connectivity index (χ4v) is 4.55. The van der Waals surface area contributed by atoms with Gasteiger partial charge in [0.1, 0.15) is 5.82 Å². The molecule has 27 heavy (non-hydrogen) atoms. The smallest absolute Gasteiger partial charge is 0.169 e. The average molecular weight is 384 g/mol. The van der Waals surface area contributed by atoms with E-state index in [-0.39, 0.29) is 11.2 Å². The molecule has 5 heteroatoms. The van der Waals surface area contributed by atoms with Crippen LogP contribution < -0.4 is 4.90 Å². The van der Waals surface area contributed by atoms with Crippen LogP contribution in [-0.2, 0) is 6.42 Å². The third-order valence-electron chi connectivity index (χ3n) is 5.99. The number of nitrogens with zero attached hydrogens (tertiary/aromatic N) is 3. The molecule has 0 bridgehead atoms. The predicted octanol–water partition coefficient (Wildman–Crippen LogP) is 4.08. The van der Waals surface area contributed by atoms with Crippen molar-refractivity contribution in [3.63, 3.8) is 0 Å². The minimum Gasteiger partial charge on any atom is -0.354 e. The van der Waals surface area contributed by atoms with Gasteiger partial charge in [0.15, 0.2) is 5.78 Å². The van der Waals surface area contributed by atoms with Crippen LogP contribution in [0.25, 0.3) is 0 Å². The van der Waals surface area contributed by atoms with E-state index < -0.39 is 0 Å². The van der Waals surface area contributed by atoms with Crippen LogP contribution in [0.4, 0.5) is 5.82 Å². The zero-order chi connectivity index (χ0) is 18.9. The number of carbonyl (C=O) groups is 1. The number of halogens is 1. The van der Waals surface area contributed by atoms with Gasteiger partial charge in [0.25, 0.3) is 0 Å². The molecule has 1 aromatic carbocycles. The van der Waals surface area contributed by atoms with Crippen LogP contribution in [0, 0.1) is 5.41 Å². The molecule has 0 N–H and O–H groups in total. The van der Waals surface area contributed by atoms with E-state index >= 15 is 0 Å². The van der Waals surface area contributed by atoms with Crippen molar-refractivity contribution in [1.82, 2.24) is 9.88 Å². The molecule has 1 aromatic heterocycles. The van der Waals surface area contributed by atoms with Gasteiger partial charge in [0, 0.05) is 48.4 Å². The average Bonchev–Trinajstić information content (AvgIpc) is 2.94. The summed E-state index contributed by atoms with van der Waals surface area (Å²) in [6.45, 7) is 7.29. The summed E-state index contributed by atoms with van der Waals surface area (Å²) in [7, 11) is 0. The Labute approximate surface area is 166 Å². The van der Waals surface area contributed by atoms with Crippen LogP contribution in [0.5, 0.6) is 0 Å². The number of anilines is 1. The zero-order valence-electron chi connectivity index (χ0n) is 15.8. The molecule has 1 saturated heterocycles. The molecule has 1 aliphatic heterocycles. The van der Waals surface area contributed by atoms with Gasteiger partial charge in [-0.1, -0.05) is 30.7 Å². The van der Waals surface area contributed by atoms with Crippen LogP contribution in [0.15, 0.2) is 42.6 Å². The first kappa shape index (κ1) is 18.5. The van der Waals surface area contributed by atoms with E-state index in [0.29, 0.717) is 5.02 Å². The van der Waals surface area contributed by atoms with Gasteiger partial charge in [0.2, 0.25) is 0 Å². The molecule has 0 saturated carbocycles. The minimum absolute atomic E-state index is 0.264. The standard InChI is InChI=1S/C22H26ClN3O/c1-22(16-17-6-7-18(23)15-19(17)21(22)27)8-4-10-25-11-13-26(14-12-25)20-5-2-3-9-24-20/h2-3,5-7,9,15H,4,8,10-14,16H2,1H3. The number of hydrogen-bond acceptors (Lipinski definition) is 4. The second-order valence-corrected chi connectivity index (χ2v) is 8.42. The Bertz CT molecular complexity index is 818. The van der Waals surface area contributed by atoms with Crippen molar-refractivity contribution in [1.29, 1.82) is 0 Å². The monoisotopic (exact) mass is 383 g/mol. The van der Waals surface area contributed by atoms with E-state index in [1.807, 2.05) is 36.5 Å². The summed E-state index contributed by atoms with van der Waals surface area (Å²) < 4.78 is 0. The van der Waals surface area contributed by atoms with Crippen LogP contribution in [0.2, 0.25) is 5.02 Å². The molecule has 1 aliphatic carbocycles. The first-order valence-corrected chi connectivity index (χ1v) is 10.1. The summed E-state index contributed by atoms with van der Waals surface area (Å²) in [4.78, 5) is 22.2. The fraction of sp³-hybridized carbons (Fsp3) is 0.455. The van der Waals surface area contributed by atoms with Crippen LogP contribution in [0.3, 0.4) is 0 Å². The van der Waals surface area contributed by atoms with Crippen molar-refractivity contribution in [2.75, 3.05) is 37.6 Å². The SMILES string of the molecule is CC1(CCCN2CCN(c3ccccn3)CC2)Cc2ccc(Cl)cc2C1=O. The molecule has 2 heterocycles. The molecule has 2 aliphatic rings. The van der Waals surface area contributed by atoms with Gasteiger partial charge in [-0.2, -0.15) is 0 Å². The van der Waals surface area contributed by atoms with Gasteiger partial charge < -0.3 is 4.90 Å². The maximum absolute atomic E-state index is 12.9. The second kappa shape index (κ2) is 7.61. The third kappa shape index (κ3) is 3.87. The quantitative estimate of drug-likeness (QED) is 0.779. The molecule has 0 amide bonds. The number of rotatable bonds is 5. The van der Waals surface area contributed by atoms with Crippen molar-refractivity contribution < 1.29 is 4.79 Å². The molecular formula is C22H26ClN3O. The Kier molecular flexibility index (Phi) is 5.20. The second-order valence-electron chi connectivity index (χ2n) is 7.99. The Balaban J connectivity index is 1.27. The Morgan fingerprint density at radius 2 is 1.96 bits per heavy atom.